The van der Waals surface area contributed by atoms with Gasteiger partial charge in [0.25, 0.3) is 0 Å². The van der Waals surface area contributed by atoms with E-state index in [4.69, 9.17) is 5.73 Å². The van der Waals surface area contributed by atoms with E-state index in [1.165, 1.54) is 23.6 Å². The number of hydrogen-bond acceptors (Lipinski definition) is 7. The number of aliphatic hydroxyl groups is 1. The summed E-state index contributed by atoms with van der Waals surface area (Å²) in [5.74, 6) is -2.32. The Morgan fingerprint density at radius 2 is 1.87 bits per heavy atom. The molecule has 11 heteroatoms. The molecule has 0 bridgehead atoms. The summed E-state index contributed by atoms with van der Waals surface area (Å²) in [5, 5.41) is 24.1. The number of carbonyl (C=O) groups is 4. The van der Waals surface area contributed by atoms with E-state index in [-0.39, 0.29) is 12.3 Å². The number of nitrogens with zero attached hydrogens (tertiary/aromatic N) is 1. The third-order valence-electron chi connectivity index (χ3n) is 5.66. The van der Waals surface area contributed by atoms with Crippen LogP contribution >= 0.6 is 11.8 Å². The van der Waals surface area contributed by atoms with Crippen LogP contribution in [0.1, 0.15) is 46.5 Å². The van der Waals surface area contributed by atoms with Gasteiger partial charge in [-0.05, 0) is 44.1 Å². The molecule has 0 aromatic carbocycles. The normalized spacial score (nSPS) is 21.0. The molecule has 6 N–H and O–H groups in total. The summed E-state index contributed by atoms with van der Waals surface area (Å²) in [6.45, 7) is 5.42. The lowest BCUT2D eigenvalue weighted by Gasteiger charge is -2.32. The molecule has 1 saturated heterocycles. The minimum Gasteiger partial charge on any atom is -0.480 e. The van der Waals surface area contributed by atoms with Crippen LogP contribution in [-0.2, 0) is 19.2 Å². The van der Waals surface area contributed by atoms with Gasteiger partial charge in [0, 0.05) is 6.54 Å². The molecule has 1 rings (SSSR count). The van der Waals surface area contributed by atoms with Crippen molar-refractivity contribution in [3.63, 3.8) is 0 Å². The van der Waals surface area contributed by atoms with E-state index >= 15 is 0 Å². The van der Waals surface area contributed by atoms with Crippen molar-refractivity contribution in [3.05, 3.63) is 0 Å². The van der Waals surface area contributed by atoms with Crippen molar-refractivity contribution in [1.82, 2.24) is 15.5 Å². The molecule has 0 aromatic heterocycles. The van der Waals surface area contributed by atoms with Gasteiger partial charge in [-0.3, -0.25) is 14.4 Å². The zero-order chi connectivity index (χ0) is 23.7. The maximum Gasteiger partial charge on any atom is 0.326 e. The maximum absolute atomic E-state index is 13.3. The quantitative estimate of drug-likeness (QED) is 0.261. The van der Waals surface area contributed by atoms with Gasteiger partial charge in [0.2, 0.25) is 17.7 Å². The van der Waals surface area contributed by atoms with Crippen LogP contribution in [0.25, 0.3) is 0 Å². The lowest BCUT2D eigenvalue weighted by atomic mass is 9.96. The average Bonchev–Trinajstić information content (AvgIpc) is 3.22. The Hall–Kier alpha value is -1.85. The minimum atomic E-state index is -1.18. The number of carboxylic acid groups (broad SMARTS) is 1. The van der Waals surface area contributed by atoms with Crippen LogP contribution in [-0.4, -0.2) is 87.6 Å². The Morgan fingerprint density at radius 3 is 2.39 bits per heavy atom. The number of carbonyl (C=O) groups excluding carboxylic acids is 3. The molecule has 0 spiro atoms. The molecule has 0 aromatic rings. The number of nitrogens with two attached hydrogens (primary N) is 1. The number of nitrogens with one attached hydrogen (secondary N) is 2. The third kappa shape index (κ3) is 7.65. The van der Waals surface area contributed by atoms with E-state index < -0.39 is 54.0 Å². The first-order valence-electron chi connectivity index (χ1n) is 10.6. The SMILES string of the molecule is CCC(C)C(NC(=O)C(N)C(C)O)C(=O)N1CCCC1C(=O)NC(CCSC)C(=O)O. The standard InChI is InChI=1S/C20H36N4O6S/c1-5-11(2)16(23-18(27)15(21)12(3)25)19(28)24-9-6-7-14(24)17(26)22-13(20(29)30)8-10-31-4/h11-16,25H,5-10,21H2,1-4H3,(H,22,26)(H,23,27)(H,29,30). The fourth-order valence-corrected chi connectivity index (χ4v) is 3.87. The lowest BCUT2D eigenvalue weighted by molar-refractivity contribution is -0.145. The van der Waals surface area contributed by atoms with Gasteiger partial charge >= 0.3 is 5.97 Å². The molecule has 31 heavy (non-hydrogen) atoms. The highest BCUT2D eigenvalue weighted by Crippen LogP contribution is 2.22. The molecule has 178 valence electrons. The smallest absolute Gasteiger partial charge is 0.326 e. The average molecular weight is 461 g/mol. The largest absolute Gasteiger partial charge is 0.480 e. The molecule has 0 saturated carbocycles. The van der Waals surface area contributed by atoms with E-state index in [1.807, 2.05) is 20.1 Å². The minimum absolute atomic E-state index is 0.227. The predicted molar refractivity (Wildman–Crippen MR) is 118 cm³/mol. The summed E-state index contributed by atoms with van der Waals surface area (Å²) < 4.78 is 0. The number of likely N-dealkylation sites (tertiary alicyclic amines) is 1. The molecule has 6 unspecified atom stereocenters. The van der Waals surface area contributed by atoms with Crippen LogP contribution in [0.4, 0.5) is 0 Å². The number of thioether (sulfide) groups is 1. The second-order valence-electron chi connectivity index (χ2n) is 8.01. The van der Waals surface area contributed by atoms with Gasteiger partial charge in [0.15, 0.2) is 0 Å². The van der Waals surface area contributed by atoms with Crippen LogP contribution in [0.2, 0.25) is 0 Å². The fourth-order valence-electron chi connectivity index (χ4n) is 3.39. The summed E-state index contributed by atoms with van der Waals surface area (Å²) in [7, 11) is 0. The molecule has 10 nitrogen and oxygen atoms in total. The Kier molecular flexibility index (Phi) is 11.3. The molecule has 1 heterocycles. The third-order valence-corrected chi connectivity index (χ3v) is 6.31. The van der Waals surface area contributed by atoms with E-state index in [0.717, 1.165) is 0 Å². The van der Waals surface area contributed by atoms with Crippen LogP contribution < -0.4 is 16.4 Å². The van der Waals surface area contributed by atoms with Crippen LogP contribution in [0.5, 0.6) is 0 Å². The first kappa shape index (κ1) is 27.2. The molecule has 6 atom stereocenters. The number of rotatable bonds is 12. The summed E-state index contributed by atoms with van der Waals surface area (Å²) in [6, 6.07) is -3.89. The number of carboxylic acids is 1. The van der Waals surface area contributed by atoms with E-state index in [1.54, 1.807) is 0 Å². The van der Waals surface area contributed by atoms with Gasteiger partial charge < -0.3 is 31.5 Å². The van der Waals surface area contributed by atoms with Crippen molar-refractivity contribution in [2.24, 2.45) is 11.7 Å². The van der Waals surface area contributed by atoms with Crippen LogP contribution in [0.15, 0.2) is 0 Å². The Morgan fingerprint density at radius 1 is 1.23 bits per heavy atom. The van der Waals surface area contributed by atoms with Gasteiger partial charge in [0.1, 0.15) is 24.2 Å². The zero-order valence-electron chi connectivity index (χ0n) is 18.7. The predicted octanol–water partition coefficient (Wildman–Crippen LogP) is -0.461. The number of amides is 3. The van der Waals surface area contributed by atoms with E-state index in [9.17, 15) is 29.4 Å². The monoisotopic (exact) mass is 460 g/mol. The highest BCUT2D eigenvalue weighted by Gasteiger charge is 2.40. The van der Waals surface area contributed by atoms with Gasteiger partial charge in [-0.15, -0.1) is 0 Å². The second-order valence-corrected chi connectivity index (χ2v) is 8.99. The summed E-state index contributed by atoms with van der Waals surface area (Å²) in [5.41, 5.74) is 5.69. The Labute approximate surface area is 187 Å². The number of hydrogen-bond donors (Lipinski definition) is 5. The maximum atomic E-state index is 13.3. The van der Waals surface area contributed by atoms with Crippen molar-refractivity contribution in [1.29, 1.82) is 0 Å². The highest BCUT2D eigenvalue weighted by atomic mass is 32.2. The molecule has 0 aliphatic carbocycles. The summed E-state index contributed by atoms with van der Waals surface area (Å²) >= 11 is 1.48. The van der Waals surface area contributed by atoms with Crippen molar-refractivity contribution in [3.8, 4) is 0 Å². The molecular weight excluding hydrogens is 424 g/mol. The molecular formula is C20H36N4O6S. The van der Waals surface area contributed by atoms with Gasteiger partial charge in [-0.1, -0.05) is 20.3 Å². The topological polar surface area (TPSA) is 162 Å². The number of aliphatic hydroxyl groups excluding tert-OH is 1. The fraction of sp³-hybridized carbons (Fsp3) is 0.800. The van der Waals surface area contributed by atoms with E-state index in [2.05, 4.69) is 10.6 Å². The van der Waals surface area contributed by atoms with Crippen LogP contribution in [0.3, 0.4) is 0 Å². The van der Waals surface area contributed by atoms with Gasteiger partial charge in [-0.2, -0.15) is 11.8 Å². The molecule has 0 radical (unpaired) electrons. The molecule has 1 aliphatic rings. The molecule has 1 aliphatic heterocycles. The molecule has 1 fully saturated rings. The second kappa shape index (κ2) is 12.9. The van der Waals surface area contributed by atoms with Crippen molar-refractivity contribution >= 4 is 35.5 Å². The summed E-state index contributed by atoms with van der Waals surface area (Å²) in [6.07, 6.45) is 2.67. The summed E-state index contributed by atoms with van der Waals surface area (Å²) in [4.78, 5) is 51.3. The van der Waals surface area contributed by atoms with E-state index in [0.29, 0.717) is 31.6 Å². The number of aliphatic carboxylic acids is 1. The van der Waals surface area contributed by atoms with Crippen molar-refractivity contribution in [2.75, 3.05) is 18.6 Å². The van der Waals surface area contributed by atoms with Crippen molar-refractivity contribution < 1.29 is 29.4 Å². The Balaban J connectivity index is 2.96. The first-order chi connectivity index (χ1) is 14.5. The first-order valence-corrected chi connectivity index (χ1v) is 12.0. The van der Waals surface area contributed by atoms with Gasteiger partial charge in [-0.25, -0.2) is 4.79 Å². The zero-order valence-corrected chi connectivity index (χ0v) is 19.5. The highest BCUT2D eigenvalue weighted by molar-refractivity contribution is 7.98. The van der Waals surface area contributed by atoms with Crippen molar-refractivity contribution in [2.45, 2.75) is 76.7 Å². The lowest BCUT2D eigenvalue weighted by Crippen LogP contribution is -2.59. The van der Waals surface area contributed by atoms with Crippen LogP contribution in [0, 0.1) is 5.92 Å². The van der Waals surface area contributed by atoms with Gasteiger partial charge in [0.05, 0.1) is 6.10 Å². The Bertz CT molecular complexity index is 647. The molecule has 3 amide bonds.